The number of amides is 1. The van der Waals surface area contributed by atoms with Gasteiger partial charge < -0.3 is 10.1 Å². The summed E-state index contributed by atoms with van der Waals surface area (Å²) < 4.78 is 4.94. The second kappa shape index (κ2) is 8.39. The van der Waals surface area contributed by atoms with Crippen LogP contribution in [-0.2, 0) is 11.2 Å². The number of carbonyl (C=O) groups is 2. The Morgan fingerprint density at radius 3 is 2.40 bits per heavy atom. The lowest BCUT2D eigenvalue weighted by Gasteiger charge is -2.07. The molecule has 2 aromatic rings. The Kier molecular flexibility index (Phi) is 6.24. The summed E-state index contributed by atoms with van der Waals surface area (Å²) in [4.78, 5) is 33.8. The predicted octanol–water partition coefficient (Wildman–Crippen LogP) is 3.12. The molecular weight excluding hydrogens is 392 g/mol. The maximum Gasteiger partial charge on any atom is 0.337 e. The first-order valence-corrected chi connectivity index (χ1v) is 8.11. The van der Waals surface area contributed by atoms with Crippen molar-refractivity contribution in [1.29, 1.82) is 0 Å². The smallest absolute Gasteiger partial charge is 0.337 e. The zero-order valence-corrected chi connectivity index (χ0v) is 14.9. The lowest BCUT2D eigenvalue weighted by molar-refractivity contribution is -0.385. The summed E-state index contributed by atoms with van der Waals surface area (Å²) in [5.74, 6) is -0.793. The van der Waals surface area contributed by atoms with Crippen molar-refractivity contribution in [1.82, 2.24) is 5.32 Å². The molecule has 0 radical (unpaired) electrons. The van der Waals surface area contributed by atoms with Crippen LogP contribution in [0.1, 0.15) is 26.3 Å². The highest BCUT2D eigenvalue weighted by molar-refractivity contribution is 9.10. The van der Waals surface area contributed by atoms with E-state index in [1.807, 2.05) is 0 Å². The Morgan fingerprint density at radius 2 is 1.80 bits per heavy atom. The van der Waals surface area contributed by atoms with E-state index in [4.69, 9.17) is 0 Å². The molecule has 0 saturated carbocycles. The van der Waals surface area contributed by atoms with Gasteiger partial charge in [0.25, 0.3) is 11.6 Å². The Bertz CT molecular complexity index is 805. The molecule has 1 amide bonds. The topological polar surface area (TPSA) is 98.5 Å². The fourth-order valence-electron chi connectivity index (χ4n) is 2.14. The number of nitro groups is 1. The van der Waals surface area contributed by atoms with E-state index in [0.29, 0.717) is 23.0 Å². The number of halogens is 1. The molecule has 0 atom stereocenters. The van der Waals surface area contributed by atoms with E-state index in [-0.39, 0.29) is 17.2 Å². The molecule has 0 unspecified atom stereocenters. The third kappa shape index (κ3) is 4.87. The highest BCUT2D eigenvalue weighted by Crippen LogP contribution is 2.25. The summed E-state index contributed by atoms with van der Waals surface area (Å²) in [5.41, 5.74) is 1.45. The largest absolute Gasteiger partial charge is 0.465 e. The van der Waals surface area contributed by atoms with Crippen molar-refractivity contribution in [2.24, 2.45) is 0 Å². The third-order valence-electron chi connectivity index (χ3n) is 3.48. The number of hydrogen-bond acceptors (Lipinski definition) is 5. The molecule has 0 saturated heterocycles. The third-order valence-corrected chi connectivity index (χ3v) is 4.15. The minimum absolute atomic E-state index is 0.161. The normalized spacial score (nSPS) is 10.2. The van der Waals surface area contributed by atoms with Crippen molar-refractivity contribution in [2.75, 3.05) is 13.7 Å². The monoisotopic (exact) mass is 406 g/mol. The fraction of sp³-hybridized carbons (Fsp3) is 0.176. The predicted molar refractivity (Wildman–Crippen MR) is 94.6 cm³/mol. The molecule has 130 valence electrons. The zero-order valence-electron chi connectivity index (χ0n) is 13.3. The van der Waals surface area contributed by atoms with E-state index in [2.05, 4.69) is 26.0 Å². The SMILES string of the molecule is COC(=O)c1ccc(CCNC(=O)c2ccc(Br)c([N+](=O)[O-])c2)cc1. The van der Waals surface area contributed by atoms with E-state index < -0.39 is 10.9 Å². The lowest BCUT2D eigenvalue weighted by Crippen LogP contribution is -2.25. The van der Waals surface area contributed by atoms with Crippen LogP contribution in [0.2, 0.25) is 0 Å². The van der Waals surface area contributed by atoms with Crippen molar-refractivity contribution >= 4 is 33.5 Å². The van der Waals surface area contributed by atoms with Gasteiger partial charge in [0.2, 0.25) is 0 Å². The first-order chi connectivity index (χ1) is 11.9. The summed E-state index contributed by atoms with van der Waals surface area (Å²) >= 11 is 3.08. The first kappa shape index (κ1) is 18.6. The molecule has 0 aliphatic carbocycles. The zero-order chi connectivity index (χ0) is 18.4. The lowest BCUT2D eigenvalue weighted by atomic mass is 10.1. The van der Waals surface area contributed by atoms with E-state index in [0.717, 1.165) is 5.56 Å². The first-order valence-electron chi connectivity index (χ1n) is 7.31. The number of nitrogens with zero attached hydrogens (tertiary/aromatic N) is 1. The van der Waals surface area contributed by atoms with Gasteiger partial charge in [-0.05, 0) is 52.2 Å². The summed E-state index contributed by atoms with van der Waals surface area (Å²) in [6.07, 6.45) is 0.561. The second-order valence-electron chi connectivity index (χ2n) is 5.12. The Hall–Kier alpha value is -2.74. The molecule has 2 aromatic carbocycles. The molecule has 0 aliphatic rings. The van der Waals surface area contributed by atoms with Gasteiger partial charge in [0, 0.05) is 18.2 Å². The second-order valence-corrected chi connectivity index (χ2v) is 5.97. The summed E-state index contributed by atoms with van der Waals surface area (Å²) in [6, 6.07) is 11.1. The maximum atomic E-state index is 12.1. The molecule has 25 heavy (non-hydrogen) atoms. The van der Waals surface area contributed by atoms with Crippen LogP contribution in [0.4, 0.5) is 5.69 Å². The van der Waals surface area contributed by atoms with Crippen LogP contribution < -0.4 is 5.32 Å². The number of methoxy groups -OCH3 is 1. The van der Waals surface area contributed by atoms with E-state index in [1.54, 1.807) is 24.3 Å². The van der Waals surface area contributed by atoms with Crippen LogP contribution in [0, 0.1) is 10.1 Å². The summed E-state index contributed by atoms with van der Waals surface area (Å²) in [7, 11) is 1.32. The van der Waals surface area contributed by atoms with Crippen LogP contribution in [0.5, 0.6) is 0 Å². The van der Waals surface area contributed by atoms with Gasteiger partial charge in [-0.25, -0.2) is 4.79 Å². The minimum Gasteiger partial charge on any atom is -0.465 e. The molecule has 0 aliphatic heterocycles. The summed E-state index contributed by atoms with van der Waals surface area (Å²) in [5, 5.41) is 13.6. The van der Waals surface area contributed by atoms with E-state index in [9.17, 15) is 19.7 Å². The molecular formula is C17H15BrN2O5. The molecule has 0 fully saturated rings. The highest BCUT2D eigenvalue weighted by atomic mass is 79.9. The van der Waals surface area contributed by atoms with Gasteiger partial charge in [-0.1, -0.05) is 12.1 Å². The van der Waals surface area contributed by atoms with Crippen LogP contribution in [0.3, 0.4) is 0 Å². The molecule has 0 bridgehead atoms. The number of esters is 1. The van der Waals surface area contributed by atoms with Gasteiger partial charge in [-0.3, -0.25) is 14.9 Å². The van der Waals surface area contributed by atoms with Crippen LogP contribution in [-0.4, -0.2) is 30.5 Å². The van der Waals surface area contributed by atoms with Crippen molar-refractivity contribution in [3.8, 4) is 0 Å². The Balaban J connectivity index is 1.93. The molecule has 0 aromatic heterocycles. The van der Waals surface area contributed by atoms with Crippen molar-refractivity contribution in [2.45, 2.75) is 6.42 Å². The number of hydrogen-bond donors (Lipinski definition) is 1. The highest BCUT2D eigenvalue weighted by Gasteiger charge is 2.15. The van der Waals surface area contributed by atoms with Crippen molar-refractivity contribution in [3.63, 3.8) is 0 Å². The van der Waals surface area contributed by atoms with Gasteiger partial charge in [0.05, 0.1) is 22.1 Å². The number of ether oxygens (including phenoxy) is 1. The molecule has 8 heteroatoms. The number of benzene rings is 2. The minimum atomic E-state index is -0.552. The van der Waals surface area contributed by atoms with Gasteiger partial charge >= 0.3 is 5.97 Å². The quantitative estimate of drug-likeness (QED) is 0.451. The van der Waals surface area contributed by atoms with Crippen molar-refractivity contribution < 1.29 is 19.2 Å². The van der Waals surface area contributed by atoms with Gasteiger partial charge in [-0.2, -0.15) is 0 Å². The molecule has 0 heterocycles. The molecule has 0 spiro atoms. The number of nitro benzene ring substituents is 1. The molecule has 7 nitrogen and oxygen atoms in total. The fourth-order valence-corrected chi connectivity index (χ4v) is 2.53. The van der Waals surface area contributed by atoms with Crippen LogP contribution in [0.25, 0.3) is 0 Å². The average Bonchev–Trinajstić information content (AvgIpc) is 2.61. The van der Waals surface area contributed by atoms with Gasteiger partial charge in [-0.15, -0.1) is 0 Å². The van der Waals surface area contributed by atoms with Crippen LogP contribution >= 0.6 is 15.9 Å². The standard InChI is InChI=1S/C17H15BrN2O5/c1-25-17(22)12-4-2-11(3-5-12)8-9-19-16(21)13-6-7-14(18)15(10-13)20(23)24/h2-7,10H,8-9H2,1H3,(H,19,21). The number of carbonyl (C=O) groups excluding carboxylic acids is 2. The van der Waals surface area contributed by atoms with Gasteiger partial charge in [0.1, 0.15) is 0 Å². The number of rotatable bonds is 6. The maximum absolute atomic E-state index is 12.1. The Labute approximate surface area is 152 Å². The van der Waals surface area contributed by atoms with Crippen LogP contribution in [0.15, 0.2) is 46.9 Å². The Morgan fingerprint density at radius 1 is 1.16 bits per heavy atom. The number of nitrogens with one attached hydrogen (secondary N) is 1. The van der Waals surface area contributed by atoms with Gasteiger partial charge in [0.15, 0.2) is 0 Å². The molecule has 1 N–H and O–H groups in total. The van der Waals surface area contributed by atoms with Crippen molar-refractivity contribution in [3.05, 3.63) is 73.7 Å². The van der Waals surface area contributed by atoms with E-state index >= 15 is 0 Å². The average molecular weight is 407 g/mol. The van der Waals surface area contributed by atoms with E-state index in [1.165, 1.54) is 25.3 Å². The molecule has 2 rings (SSSR count). The summed E-state index contributed by atoms with van der Waals surface area (Å²) in [6.45, 7) is 0.361.